The zero-order valence-electron chi connectivity index (χ0n) is 11.0. The lowest BCUT2D eigenvalue weighted by atomic mass is 9.88. The van der Waals surface area contributed by atoms with Gasteiger partial charge in [0.1, 0.15) is 11.9 Å². The summed E-state index contributed by atoms with van der Waals surface area (Å²) in [4.78, 5) is 10.4. The molecular formula is C13H19N3O3. The fourth-order valence-corrected chi connectivity index (χ4v) is 2.47. The van der Waals surface area contributed by atoms with Gasteiger partial charge in [-0.3, -0.25) is 16.0 Å². The molecule has 2 unspecified atom stereocenters. The van der Waals surface area contributed by atoms with Crippen LogP contribution in [0.4, 0.5) is 11.4 Å². The van der Waals surface area contributed by atoms with Crippen molar-refractivity contribution in [1.82, 2.24) is 0 Å². The number of nitrogen functional groups attached to an aromatic ring is 1. The minimum Gasteiger partial charge on any atom is -0.490 e. The lowest BCUT2D eigenvalue weighted by Crippen LogP contribution is -2.28. The van der Waals surface area contributed by atoms with Crippen LogP contribution in [0.1, 0.15) is 32.6 Å². The van der Waals surface area contributed by atoms with Crippen molar-refractivity contribution in [1.29, 1.82) is 0 Å². The van der Waals surface area contributed by atoms with E-state index in [9.17, 15) is 10.1 Å². The van der Waals surface area contributed by atoms with E-state index < -0.39 is 4.92 Å². The van der Waals surface area contributed by atoms with Gasteiger partial charge in [0.05, 0.1) is 16.7 Å². The van der Waals surface area contributed by atoms with Gasteiger partial charge < -0.3 is 10.2 Å². The fourth-order valence-electron chi connectivity index (χ4n) is 2.47. The van der Waals surface area contributed by atoms with Gasteiger partial charge in [-0.2, -0.15) is 0 Å². The summed E-state index contributed by atoms with van der Waals surface area (Å²) in [6, 6.07) is 4.52. The van der Waals surface area contributed by atoms with E-state index in [0.29, 0.717) is 17.4 Å². The number of rotatable bonds is 4. The molecule has 0 amide bonds. The number of nitro benzene ring substituents is 1. The molecule has 1 aliphatic carbocycles. The Bertz CT molecular complexity index is 464. The van der Waals surface area contributed by atoms with Crippen LogP contribution >= 0.6 is 0 Å². The number of nitro groups is 1. The van der Waals surface area contributed by atoms with Gasteiger partial charge in [-0.15, -0.1) is 0 Å². The number of ether oxygens (including phenoxy) is 1. The predicted molar refractivity (Wildman–Crippen MR) is 73.0 cm³/mol. The number of hydrogen-bond acceptors (Lipinski definition) is 5. The number of hydrazine groups is 1. The molecule has 3 N–H and O–H groups in total. The van der Waals surface area contributed by atoms with Crippen molar-refractivity contribution in [2.75, 3.05) is 5.43 Å². The van der Waals surface area contributed by atoms with Crippen molar-refractivity contribution in [3.8, 4) is 5.75 Å². The van der Waals surface area contributed by atoms with E-state index in [1.807, 2.05) is 0 Å². The van der Waals surface area contributed by atoms with Crippen molar-refractivity contribution in [2.45, 2.75) is 38.7 Å². The number of hydrogen-bond donors (Lipinski definition) is 2. The molecule has 0 bridgehead atoms. The molecular weight excluding hydrogens is 246 g/mol. The van der Waals surface area contributed by atoms with Crippen LogP contribution in [0, 0.1) is 16.0 Å². The molecule has 1 saturated carbocycles. The Morgan fingerprint density at radius 3 is 2.74 bits per heavy atom. The Labute approximate surface area is 112 Å². The predicted octanol–water partition coefficient (Wildman–Crippen LogP) is 2.84. The quantitative estimate of drug-likeness (QED) is 0.496. The Hall–Kier alpha value is -1.82. The molecule has 6 nitrogen and oxygen atoms in total. The molecule has 19 heavy (non-hydrogen) atoms. The normalized spacial score (nSPS) is 22.8. The first-order chi connectivity index (χ1) is 9.10. The van der Waals surface area contributed by atoms with Crippen molar-refractivity contribution >= 4 is 11.4 Å². The van der Waals surface area contributed by atoms with Crippen molar-refractivity contribution in [2.24, 2.45) is 11.8 Å². The maximum absolute atomic E-state index is 10.9. The second kappa shape index (κ2) is 5.88. The monoisotopic (exact) mass is 265 g/mol. The summed E-state index contributed by atoms with van der Waals surface area (Å²) in [6.07, 6.45) is 4.63. The fraction of sp³-hybridized carbons (Fsp3) is 0.538. The second-order valence-electron chi connectivity index (χ2n) is 5.04. The van der Waals surface area contributed by atoms with Crippen LogP contribution in [0.3, 0.4) is 0 Å². The highest BCUT2D eigenvalue weighted by Crippen LogP contribution is 2.31. The van der Waals surface area contributed by atoms with E-state index in [0.717, 1.165) is 19.3 Å². The van der Waals surface area contributed by atoms with Crippen molar-refractivity contribution in [3.05, 3.63) is 28.3 Å². The molecule has 0 aliphatic heterocycles. The highest BCUT2D eigenvalue weighted by atomic mass is 16.6. The maximum Gasteiger partial charge on any atom is 0.275 e. The van der Waals surface area contributed by atoms with Crippen LogP contribution < -0.4 is 16.0 Å². The Morgan fingerprint density at radius 1 is 1.37 bits per heavy atom. The largest absolute Gasteiger partial charge is 0.490 e. The zero-order chi connectivity index (χ0) is 13.8. The first-order valence-corrected chi connectivity index (χ1v) is 6.53. The molecule has 0 heterocycles. The van der Waals surface area contributed by atoms with E-state index >= 15 is 0 Å². The average Bonchev–Trinajstić information content (AvgIpc) is 2.41. The number of nitrogens with zero attached hydrogens (tertiary/aromatic N) is 1. The van der Waals surface area contributed by atoms with E-state index in [2.05, 4.69) is 12.3 Å². The molecule has 1 aliphatic rings. The van der Waals surface area contributed by atoms with E-state index in [-0.39, 0.29) is 11.8 Å². The molecule has 1 fully saturated rings. The highest BCUT2D eigenvalue weighted by molar-refractivity contribution is 5.55. The number of nitrogens with two attached hydrogens (primary N) is 1. The summed E-state index contributed by atoms with van der Waals surface area (Å²) in [5.74, 6) is 6.30. The third kappa shape index (κ3) is 3.35. The zero-order valence-corrected chi connectivity index (χ0v) is 11.0. The standard InChI is InChI=1S/C13H19N3O3/c1-9-4-2-3-5-13(9)19-12-7-10(15-14)6-11(8-12)16(17)18/h6-9,13,15H,2-5,14H2,1H3. The maximum atomic E-state index is 10.9. The number of anilines is 1. The van der Waals surface area contributed by atoms with E-state index in [4.69, 9.17) is 10.6 Å². The van der Waals surface area contributed by atoms with Crippen molar-refractivity contribution < 1.29 is 9.66 Å². The molecule has 6 heteroatoms. The summed E-state index contributed by atoms with van der Waals surface area (Å²) in [6.45, 7) is 2.16. The Balaban J connectivity index is 2.18. The minimum atomic E-state index is -0.446. The first kappa shape index (κ1) is 13.6. The molecule has 0 radical (unpaired) electrons. The van der Waals surface area contributed by atoms with Crippen molar-refractivity contribution in [3.63, 3.8) is 0 Å². The SMILES string of the molecule is CC1CCCCC1Oc1cc(NN)cc([N+](=O)[O-])c1. The lowest BCUT2D eigenvalue weighted by Gasteiger charge is -2.29. The van der Waals surface area contributed by atoms with E-state index in [1.54, 1.807) is 6.07 Å². The minimum absolute atomic E-state index is 0.0195. The number of nitrogens with one attached hydrogen (secondary N) is 1. The summed E-state index contributed by atoms with van der Waals surface area (Å²) >= 11 is 0. The van der Waals surface area contributed by atoms with Gasteiger partial charge in [0, 0.05) is 12.1 Å². The summed E-state index contributed by atoms with van der Waals surface area (Å²) in [5, 5.41) is 10.9. The molecule has 1 aromatic carbocycles. The van der Waals surface area contributed by atoms with Crippen LogP contribution in [-0.2, 0) is 0 Å². The third-order valence-corrected chi connectivity index (χ3v) is 3.59. The Kier molecular flexibility index (Phi) is 4.21. The van der Waals surface area contributed by atoms with Gasteiger partial charge in [0.15, 0.2) is 0 Å². The summed E-state index contributed by atoms with van der Waals surface area (Å²) in [5.41, 5.74) is 2.89. The Morgan fingerprint density at radius 2 is 2.11 bits per heavy atom. The molecule has 0 aromatic heterocycles. The summed E-state index contributed by atoms with van der Waals surface area (Å²) in [7, 11) is 0. The highest BCUT2D eigenvalue weighted by Gasteiger charge is 2.23. The van der Waals surface area contributed by atoms with E-state index in [1.165, 1.54) is 18.6 Å². The van der Waals surface area contributed by atoms with Crippen LogP contribution in [0.5, 0.6) is 5.75 Å². The van der Waals surface area contributed by atoms with Gasteiger partial charge in [0.2, 0.25) is 0 Å². The molecule has 0 saturated heterocycles. The number of benzene rings is 1. The smallest absolute Gasteiger partial charge is 0.275 e. The first-order valence-electron chi connectivity index (χ1n) is 6.53. The topological polar surface area (TPSA) is 90.4 Å². The van der Waals surface area contributed by atoms with Crippen LogP contribution in [-0.4, -0.2) is 11.0 Å². The van der Waals surface area contributed by atoms with Crippen LogP contribution in [0.15, 0.2) is 18.2 Å². The van der Waals surface area contributed by atoms with Gasteiger partial charge >= 0.3 is 0 Å². The van der Waals surface area contributed by atoms with Crippen LogP contribution in [0.2, 0.25) is 0 Å². The molecule has 0 spiro atoms. The second-order valence-corrected chi connectivity index (χ2v) is 5.04. The van der Waals surface area contributed by atoms with Crippen LogP contribution in [0.25, 0.3) is 0 Å². The summed E-state index contributed by atoms with van der Waals surface area (Å²) < 4.78 is 5.90. The third-order valence-electron chi connectivity index (χ3n) is 3.59. The molecule has 1 aromatic rings. The van der Waals surface area contributed by atoms with Gasteiger partial charge in [-0.1, -0.05) is 13.3 Å². The lowest BCUT2D eigenvalue weighted by molar-refractivity contribution is -0.384. The van der Waals surface area contributed by atoms with Gasteiger partial charge in [0.25, 0.3) is 5.69 Å². The average molecular weight is 265 g/mol. The molecule has 2 rings (SSSR count). The van der Waals surface area contributed by atoms with Gasteiger partial charge in [-0.05, 0) is 25.2 Å². The van der Waals surface area contributed by atoms with Gasteiger partial charge in [-0.25, -0.2) is 0 Å². The molecule has 104 valence electrons. The molecule has 2 atom stereocenters. The number of non-ortho nitro benzene ring substituents is 1.